The van der Waals surface area contributed by atoms with E-state index in [1.54, 1.807) is 30.3 Å². The first kappa shape index (κ1) is 13.9. The van der Waals surface area contributed by atoms with E-state index in [4.69, 9.17) is 11.6 Å². The molecule has 3 N–H and O–H groups in total. The molecule has 0 aliphatic carbocycles. The topological polar surface area (TPSA) is 78.4 Å². The van der Waals surface area contributed by atoms with Crippen LogP contribution in [0.3, 0.4) is 0 Å². The Hall–Kier alpha value is -2.53. The summed E-state index contributed by atoms with van der Waals surface area (Å²) in [5.74, 6) is -1.33. The molecule has 0 spiro atoms. The highest BCUT2D eigenvalue weighted by Gasteiger charge is 2.13. The van der Waals surface area contributed by atoms with Crippen LogP contribution in [0, 0.1) is 0 Å². The average molecular weight is 291 g/mol. The quantitative estimate of drug-likeness (QED) is 0.741. The predicted octanol–water partition coefficient (Wildman–Crippen LogP) is 2.12. The molecule has 0 bridgehead atoms. The number of benzene rings is 2. The van der Waals surface area contributed by atoms with Gasteiger partial charge in [0, 0.05) is 0 Å². The highest BCUT2D eigenvalue weighted by atomic mass is 35.5. The van der Waals surface area contributed by atoms with E-state index in [0.29, 0.717) is 0 Å². The van der Waals surface area contributed by atoms with Crippen LogP contribution in [0.2, 0.25) is 5.02 Å². The van der Waals surface area contributed by atoms with Crippen LogP contribution in [0.4, 0.5) is 0 Å². The van der Waals surface area contributed by atoms with Crippen molar-refractivity contribution in [3.05, 3.63) is 64.7 Å². The predicted molar refractivity (Wildman–Crippen MR) is 74.5 cm³/mol. The SMILES string of the molecule is O=C(NNC(=O)c1ccccc1Cl)c1ccccc1O. The molecule has 0 saturated carbocycles. The van der Waals surface area contributed by atoms with Crippen molar-refractivity contribution in [2.75, 3.05) is 0 Å². The zero-order chi connectivity index (χ0) is 14.5. The number of halogens is 1. The average Bonchev–Trinajstić information content (AvgIpc) is 2.45. The summed E-state index contributed by atoms with van der Waals surface area (Å²) in [7, 11) is 0. The second-order valence-electron chi connectivity index (χ2n) is 3.91. The zero-order valence-corrected chi connectivity index (χ0v) is 11.0. The number of para-hydroxylation sites is 1. The molecule has 0 atom stereocenters. The first-order chi connectivity index (χ1) is 9.59. The van der Waals surface area contributed by atoms with Crippen LogP contribution in [0.15, 0.2) is 48.5 Å². The minimum absolute atomic E-state index is 0.0620. The van der Waals surface area contributed by atoms with Crippen molar-refractivity contribution in [2.24, 2.45) is 0 Å². The summed E-state index contributed by atoms with van der Waals surface area (Å²) in [5.41, 5.74) is 4.74. The molecule has 0 aromatic heterocycles. The van der Waals surface area contributed by atoms with Gasteiger partial charge in [-0.3, -0.25) is 20.4 Å². The van der Waals surface area contributed by atoms with Gasteiger partial charge < -0.3 is 5.11 Å². The lowest BCUT2D eigenvalue weighted by atomic mass is 10.2. The van der Waals surface area contributed by atoms with Gasteiger partial charge in [0.15, 0.2) is 0 Å². The van der Waals surface area contributed by atoms with Crippen molar-refractivity contribution in [1.29, 1.82) is 0 Å². The molecule has 0 unspecified atom stereocenters. The van der Waals surface area contributed by atoms with Crippen molar-refractivity contribution >= 4 is 23.4 Å². The van der Waals surface area contributed by atoms with Gasteiger partial charge in [0.1, 0.15) is 5.75 Å². The number of amides is 2. The van der Waals surface area contributed by atoms with E-state index in [-0.39, 0.29) is 21.9 Å². The Balaban J connectivity index is 2.03. The Morgan fingerprint density at radius 2 is 1.35 bits per heavy atom. The number of carbonyl (C=O) groups excluding carboxylic acids is 2. The summed E-state index contributed by atoms with van der Waals surface area (Å²) in [6.45, 7) is 0. The van der Waals surface area contributed by atoms with E-state index in [1.165, 1.54) is 18.2 Å². The molecule has 0 radical (unpaired) electrons. The number of phenolic OH excluding ortho intramolecular Hbond substituents is 1. The molecule has 0 fully saturated rings. The molecular formula is C14H11ClN2O3. The van der Waals surface area contributed by atoms with Gasteiger partial charge in [-0.2, -0.15) is 0 Å². The van der Waals surface area contributed by atoms with E-state index in [2.05, 4.69) is 10.9 Å². The maximum Gasteiger partial charge on any atom is 0.273 e. The maximum absolute atomic E-state index is 11.8. The number of rotatable bonds is 2. The van der Waals surface area contributed by atoms with Crippen LogP contribution in [0.1, 0.15) is 20.7 Å². The van der Waals surface area contributed by atoms with Crippen molar-refractivity contribution in [3.63, 3.8) is 0 Å². The summed E-state index contributed by atoms with van der Waals surface area (Å²) >= 11 is 5.86. The number of hydrogen-bond acceptors (Lipinski definition) is 3. The van der Waals surface area contributed by atoms with Gasteiger partial charge in [-0.05, 0) is 24.3 Å². The van der Waals surface area contributed by atoms with Gasteiger partial charge in [-0.15, -0.1) is 0 Å². The molecule has 2 aromatic rings. The summed E-state index contributed by atoms with van der Waals surface area (Å²) in [5, 5.41) is 9.79. The van der Waals surface area contributed by atoms with Crippen molar-refractivity contribution in [3.8, 4) is 5.75 Å². The number of hydrogen-bond donors (Lipinski definition) is 3. The summed E-state index contributed by atoms with van der Waals surface area (Å²) in [6, 6.07) is 12.5. The van der Waals surface area contributed by atoms with Gasteiger partial charge in [0.25, 0.3) is 11.8 Å². The fourth-order valence-electron chi connectivity index (χ4n) is 1.56. The second kappa shape index (κ2) is 6.08. The molecule has 20 heavy (non-hydrogen) atoms. The van der Waals surface area contributed by atoms with E-state index >= 15 is 0 Å². The minimum atomic E-state index is -0.622. The van der Waals surface area contributed by atoms with E-state index in [0.717, 1.165) is 0 Å². The molecule has 2 amide bonds. The van der Waals surface area contributed by atoms with Crippen molar-refractivity contribution < 1.29 is 14.7 Å². The van der Waals surface area contributed by atoms with Crippen LogP contribution >= 0.6 is 11.6 Å². The zero-order valence-electron chi connectivity index (χ0n) is 10.3. The third-order valence-electron chi connectivity index (χ3n) is 2.56. The molecule has 6 heteroatoms. The standard InChI is InChI=1S/C14H11ClN2O3/c15-11-7-3-1-5-9(11)13(19)16-17-14(20)10-6-2-4-8-12(10)18/h1-8,18H,(H,16,19)(H,17,20). The van der Waals surface area contributed by atoms with E-state index < -0.39 is 11.8 Å². The number of carbonyl (C=O) groups is 2. The van der Waals surface area contributed by atoms with Gasteiger partial charge in [-0.1, -0.05) is 35.9 Å². The minimum Gasteiger partial charge on any atom is -0.507 e. The van der Waals surface area contributed by atoms with Gasteiger partial charge in [-0.25, -0.2) is 0 Å². The summed E-state index contributed by atoms with van der Waals surface area (Å²) in [6.07, 6.45) is 0. The van der Waals surface area contributed by atoms with Crippen molar-refractivity contribution in [1.82, 2.24) is 10.9 Å². The third kappa shape index (κ3) is 3.07. The summed E-state index contributed by atoms with van der Waals surface area (Å²) < 4.78 is 0. The van der Waals surface area contributed by atoms with Crippen molar-refractivity contribution in [2.45, 2.75) is 0 Å². The van der Waals surface area contributed by atoms with Gasteiger partial charge in [0.05, 0.1) is 16.1 Å². The normalized spacial score (nSPS) is 9.85. The Morgan fingerprint density at radius 3 is 1.95 bits per heavy atom. The second-order valence-corrected chi connectivity index (χ2v) is 4.31. The maximum atomic E-state index is 11.8. The fraction of sp³-hybridized carbons (Fsp3) is 0. The fourth-order valence-corrected chi connectivity index (χ4v) is 1.78. The highest BCUT2D eigenvalue weighted by Crippen LogP contribution is 2.15. The summed E-state index contributed by atoms with van der Waals surface area (Å²) in [4.78, 5) is 23.6. The van der Waals surface area contributed by atoms with E-state index in [1.807, 2.05) is 0 Å². The number of phenols is 1. The molecule has 0 aliphatic heterocycles. The van der Waals surface area contributed by atoms with Crippen LogP contribution < -0.4 is 10.9 Å². The van der Waals surface area contributed by atoms with Crippen LogP contribution in [-0.2, 0) is 0 Å². The molecule has 0 saturated heterocycles. The monoisotopic (exact) mass is 290 g/mol. The molecule has 0 aliphatic rings. The first-order valence-corrected chi connectivity index (χ1v) is 6.10. The lowest BCUT2D eigenvalue weighted by Crippen LogP contribution is -2.41. The molecular weight excluding hydrogens is 280 g/mol. The van der Waals surface area contributed by atoms with Crippen LogP contribution in [0.25, 0.3) is 0 Å². The Morgan fingerprint density at radius 1 is 0.850 bits per heavy atom. The number of hydrazine groups is 1. The highest BCUT2D eigenvalue weighted by molar-refractivity contribution is 6.33. The van der Waals surface area contributed by atoms with Crippen LogP contribution in [-0.4, -0.2) is 16.9 Å². The smallest absolute Gasteiger partial charge is 0.273 e. The lowest BCUT2D eigenvalue weighted by Gasteiger charge is -2.09. The number of aromatic hydroxyl groups is 1. The lowest BCUT2D eigenvalue weighted by molar-refractivity contribution is 0.0845. The molecule has 2 rings (SSSR count). The molecule has 2 aromatic carbocycles. The Labute approximate surface area is 120 Å². The largest absolute Gasteiger partial charge is 0.507 e. The van der Waals surface area contributed by atoms with E-state index in [9.17, 15) is 14.7 Å². The Kier molecular flexibility index (Phi) is 4.22. The van der Waals surface area contributed by atoms with Crippen LogP contribution in [0.5, 0.6) is 5.75 Å². The number of nitrogens with one attached hydrogen (secondary N) is 2. The molecule has 5 nitrogen and oxygen atoms in total. The van der Waals surface area contributed by atoms with Gasteiger partial charge in [0.2, 0.25) is 0 Å². The first-order valence-electron chi connectivity index (χ1n) is 5.73. The Bertz CT molecular complexity index is 601. The third-order valence-corrected chi connectivity index (χ3v) is 2.89. The van der Waals surface area contributed by atoms with Gasteiger partial charge >= 0.3 is 0 Å². The molecule has 0 heterocycles. The molecule has 102 valence electrons.